The number of benzene rings is 1. The fourth-order valence-electron chi connectivity index (χ4n) is 2.77. The van der Waals surface area contributed by atoms with Gasteiger partial charge in [-0.3, -0.25) is 4.99 Å². The maximum Gasteiger partial charge on any atom is 0.0902 e. The van der Waals surface area contributed by atoms with E-state index in [1.807, 2.05) is 36.7 Å². The van der Waals surface area contributed by atoms with Gasteiger partial charge in [0.05, 0.1) is 17.4 Å². The van der Waals surface area contributed by atoms with E-state index in [9.17, 15) is 0 Å². The van der Waals surface area contributed by atoms with Crippen molar-refractivity contribution in [2.45, 2.75) is 51.1 Å². The molecule has 1 aliphatic heterocycles. The summed E-state index contributed by atoms with van der Waals surface area (Å²) in [4.78, 5) is 4.55. The average molecular weight is 296 g/mol. The molecule has 0 aromatic heterocycles. The first kappa shape index (κ1) is 14.8. The fraction of sp³-hybridized carbons (Fsp3) is 0.444. The summed E-state index contributed by atoms with van der Waals surface area (Å²) < 4.78 is 0. The first-order chi connectivity index (χ1) is 10.8. The number of nitrogens with one attached hydrogen (secondary N) is 3. The zero-order valence-electron chi connectivity index (χ0n) is 13.1. The van der Waals surface area contributed by atoms with Crippen molar-refractivity contribution in [1.82, 2.24) is 5.32 Å². The lowest BCUT2D eigenvalue weighted by molar-refractivity contribution is 0.372. The summed E-state index contributed by atoms with van der Waals surface area (Å²) >= 11 is 0. The minimum atomic E-state index is -0.0264. The minimum absolute atomic E-state index is 0.0264. The number of hydrogen-bond acceptors (Lipinski definition) is 4. The molecule has 1 fully saturated rings. The minimum Gasteiger partial charge on any atom is -0.388 e. The SMILES string of the molecule is CCCC(=N)/C(=C\NC1CCC1)C1C=Nc2ccccc2N1. The van der Waals surface area contributed by atoms with E-state index in [-0.39, 0.29) is 6.04 Å². The van der Waals surface area contributed by atoms with E-state index in [0.717, 1.165) is 29.8 Å². The zero-order valence-corrected chi connectivity index (χ0v) is 13.1. The third-order valence-corrected chi connectivity index (χ3v) is 4.34. The smallest absolute Gasteiger partial charge is 0.0902 e. The van der Waals surface area contributed by atoms with Gasteiger partial charge < -0.3 is 16.0 Å². The molecule has 1 saturated carbocycles. The van der Waals surface area contributed by atoms with Crippen LogP contribution in [0.2, 0.25) is 0 Å². The average Bonchev–Trinajstić information content (AvgIpc) is 2.49. The number of anilines is 1. The highest BCUT2D eigenvalue weighted by Gasteiger charge is 2.22. The van der Waals surface area contributed by atoms with Crippen LogP contribution in [0.5, 0.6) is 0 Å². The molecule has 1 aliphatic carbocycles. The summed E-state index contributed by atoms with van der Waals surface area (Å²) in [6, 6.07) is 8.60. The lowest BCUT2D eigenvalue weighted by Gasteiger charge is -2.28. The Kier molecular flexibility index (Phi) is 4.56. The van der Waals surface area contributed by atoms with Crippen LogP contribution >= 0.6 is 0 Å². The van der Waals surface area contributed by atoms with Crippen LogP contribution in [0.25, 0.3) is 0 Å². The number of rotatable bonds is 6. The molecule has 4 nitrogen and oxygen atoms in total. The normalized spacial score (nSPS) is 20.8. The second kappa shape index (κ2) is 6.77. The summed E-state index contributed by atoms with van der Waals surface area (Å²) in [6.07, 6.45) is 9.52. The lowest BCUT2D eigenvalue weighted by Crippen LogP contribution is -2.35. The van der Waals surface area contributed by atoms with Gasteiger partial charge >= 0.3 is 0 Å². The lowest BCUT2D eigenvalue weighted by atomic mass is 9.92. The van der Waals surface area contributed by atoms with Crippen LogP contribution in [0.3, 0.4) is 0 Å². The summed E-state index contributed by atoms with van der Waals surface area (Å²) in [7, 11) is 0. The van der Waals surface area contributed by atoms with Crippen LogP contribution < -0.4 is 10.6 Å². The number of fused-ring (bicyclic) bond motifs is 1. The Balaban J connectivity index is 1.78. The molecule has 1 atom stereocenters. The van der Waals surface area contributed by atoms with Crippen LogP contribution in [0.15, 0.2) is 41.0 Å². The van der Waals surface area contributed by atoms with Crippen molar-refractivity contribution in [3.05, 3.63) is 36.0 Å². The van der Waals surface area contributed by atoms with E-state index in [0.29, 0.717) is 11.8 Å². The fourth-order valence-corrected chi connectivity index (χ4v) is 2.77. The highest BCUT2D eigenvalue weighted by atomic mass is 15.0. The van der Waals surface area contributed by atoms with Crippen molar-refractivity contribution in [1.29, 1.82) is 5.41 Å². The number of para-hydroxylation sites is 2. The Labute approximate surface area is 132 Å². The molecule has 0 bridgehead atoms. The van der Waals surface area contributed by atoms with Gasteiger partial charge in [0.25, 0.3) is 0 Å². The van der Waals surface area contributed by atoms with Gasteiger partial charge in [0.2, 0.25) is 0 Å². The second-order valence-electron chi connectivity index (χ2n) is 6.04. The van der Waals surface area contributed by atoms with Crippen molar-refractivity contribution in [2.75, 3.05) is 5.32 Å². The molecule has 0 spiro atoms. The van der Waals surface area contributed by atoms with Crippen LogP contribution in [-0.2, 0) is 0 Å². The van der Waals surface area contributed by atoms with Gasteiger partial charge in [0.15, 0.2) is 0 Å². The number of aliphatic imine (C=N–C) groups is 1. The summed E-state index contributed by atoms with van der Waals surface area (Å²) in [5.41, 5.74) is 3.70. The molecule has 0 amide bonds. The van der Waals surface area contributed by atoms with E-state index >= 15 is 0 Å². The Hall–Kier alpha value is -2.10. The first-order valence-electron chi connectivity index (χ1n) is 8.21. The van der Waals surface area contributed by atoms with Crippen molar-refractivity contribution in [2.24, 2.45) is 4.99 Å². The molecule has 1 aromatic rings. The highest BCUT2D eigenvalue weighted by Crippen LogP contribution is 2.29. The van der Waals surface area contributed by atoms with E-state index in [1.165, 1.54) is 19.3 Å². The standard InChI is InChI=1S/C18H24N4/c1-2-6-15(19)14(11-20-13-7-5-8-13)18-12-21-16-9-3-4-10-17(16)22-18/h3-4,9-13,18-20,22H,2,5-8H2,1H3/b14-11+,19-15?. The highest BCUT2D eigenvalue weighted by molar-refractivity contribution is 6.04. The third kappa shape index (κ3) is 3.21. The number of nitrogens with zero attached hydrogens (tertiary/aromatic N) is 1. The van der Waals surface area contributed by atoms with Gasteiger partial charge in [0, 0.05) is 29.7 Å². The van der Waals surface area contributed by atoms with Crippen molar-refractivity contribution < 1.29 is 0 Å². The molecular formula is C18H24N4. The Bertz CT molecular complexity index is 599. The predicted molar refractivity (Wildman–Crippen MR) is 93.5 cm³/mol. The van der Waals surface area contributed by atoms with Gasteiger partial charge in [-0.05, 0) is 37.8 Å². The van der Waals surface area contributed by atoms with Gasteiger partial charge in [-0.15, -0.1) is 0 Å². The monoisotopic (exact) mass is 296 g/mol. The summed E-state index contributed by atoms with van der Waals surface area (Å²) in [5.74, 6) is 0. The zero-order chi connectivity index (χ0) is 15.4. The van der Waals surface area contributed by atoms with E-state index in [1.54, 1.807) is 0 Å². The van der Waals surface area contributed by atoms with Crippen LogP contribution in [0.4, 0.5) is 11.4 Å². The Morgan fingerprint density at radius 3 is 2.95 bits per heavy atom. The number of hydrogen-bond donors (Lipinski definition) is 3. The van der Waals surface area contributed by atoms with Crippen molar-refractivity contribution >= 4 is 23.3 Å². The summed E-state index contributed by atoms with van der Waals surface area (Å²) in [6.45, 7) is 2.11. The van der Waals surface area contributed by atoms with Gasteiger partial charge in [-0.25, -0.2) is 0 Å². The molecule has 0 radical (unpaired) electrons. The molecule has 3 rings (SSSR count). The van der Waals surface area contributed by atoms with Crippen molar-refractivity contribution in [3.8, 4) is 0 Å². The van der Waals surface area contributed by atoms with Crippen LogP contribution in [0, 0.1) is 5.41 Å². The van der Waals surface area contributed by atoms with Crippen LogP contribution in [0.1, 0.15) is 39.0 Å². The maximum absolute atomic E-state index is 8.38. The largest absolute Gasteiger partial charge is 0.388 e. The van der Waals surface area contributed by atoms with Gasteiger partial charge in [-0.2, -0.15) is 0 Å². The second-order valence-corrected chi connectivity index (χ2v) is 6.04. The molecule has 22 heavy (non-hydrogen) atoms. The molecule has 2 aliphatic rings. The van der Waals surface area contributed by atoms with E-state index < -0.39 is 0 Å². The van der Waals surface area contributed by atoms with E-state index in [4.69, 9.17) is 5.41 Å². The van der Waals surface area contributed by atoms with Crippen LogP contribution in [-0.4, -0.2) is 24.0 Å². The first-order valence-corrected chi connectivity index (χ1v) is 8.21. The molecular weight excluding hydrogens is 272 g/mol. The topological polar surface area (TPSA) is 60.3 Å². The van der Waals surface area contributed by atoms with Gasteiger partial charge in [0.1, 0.15) is 0 Å². The van der Waals surface area contributed by atoms with E-state index in [2.05, 4.69) is 22.5 Å². The third-order valence-electron chi connectivity index (χ3n) is 4.34. The molecule has 1 aromatic carbocycles. The summed E-state index contributed by atoms with van der Waals surface area (Å²) in [5, 5.41) is 15.3. The van der Waals surface area contributed by atoms with Gasteiger partial charge in [-0.1, -0.05) is 25.5 Å². The van der Waals surface area contributed by atoms with Crippen molar-refractivity contribution in [3.63, 3.8) is 0 Å². The molecule has 1 unspecified atom stereocenters. The molecule has 0 saturated heterocycles. The maximum atomic E-state index is 8.38. The predicted octanol–water partition coefficient (Wildman–Crippen LogP) is 4.03. The Morgan fingerprint density at radius 1 is 1.41 bits per heavy atom. The molecule has 4 heteroatoms. The molecule has 116 valence electrons. The Morgan fingerprint density at radius 2 is 2.23 bits per heavy atom. The molecule has 1 heterocycles. The quantitative estimate of drug-likeness (QED) is 0.694. The molecule has 3 N–H and O–H groups in total.